The zero-order chi connectivity index (χ0) is 23.7. The number of rotatable bonds is 6. The predicted molar refractivity (Wildman–Crippen MR) is 127 cm³/mol. The Morgan fingerprint density at radius 2 is 1.82 bits per heavy atom. The van der Waals surface area contributed by atoms with Crippen LogP contribution < -0.4 is 14.4 Å². The van der Waals surface area contributed by atoms with Gasteiger partial charge in [0, 0.05) is 36.6 Å². The molecule has 0 spiro atoms. The Morgan fingerprint density at radius 1 is 1.03 bits per heavy atom. The van der Waals surface area contributed by atoms with Gasteiger partial charge in [-0.2, -0.15) is 0 Å². The van der Waals surface area contributed by atoms with E-state index in [2.05, 4.69) is 15.2 Å². The molecule has 5 rings (SSSR count). The number of methoxy groups -OCH3 is 1. The number of carbonyl (C=O) groups is 1. The van der Waals surface area contributed by atoms with E-state index >= 15 is 0 Å². The fourth-order valence-electron chi connectivity index (χ4n) is 3.69. The van der Waals surface area contributed by atoms with Crippen LogP contribution in [-0.2, 0) is 6.61 Å². The maximum Gasteiger partial charge on any atom is 0.411 e. The first-order chi connectivity index (χ1) is 16.5. The Balaban J connectivity index is 1.41. The zero-order valence-electron chi connectivity index (χ0n) is 18.5. The van der Waals surface area contributed by atoms with Crippen LogP contribution in [0, 0.1) is 0 Å². The molecule has 0 atom stereocenters. The molecule has 3 aromatic heterocycles. The van der Waals surface area contributed by atoms with Crippen molar-refractivity contribution in [1.29, 1.82) is 0 Å². The lowest BCUT2D eigenvalue weighted by molar-refractivity contribution is 0.203. The molecule has 0 aliphatic carbocycles. The zero-order valence-corrected chi connectivity index (χ0v) is 18.5. The Bertz CT molecular complexity index is 1500. The molecule has 9 heteroatoms. The van der Waals surface area contributed by atoms with Crippen LogP contribution in [-0.4, -0.2) is 44.9 Å². The number of anilines is 1. The number of aromatic nitrogens is 4. The largest absolute Gasteiger partial charge is 0.497 e. The lowest BCUT2D eigenvalue weighted by Crippen LogP contribution is -2.23. The molecule has 0 unspecified atom stereocenters. The van der Waals surface area contributed by atoms with Crippen LogP contribution in [0.25, 0.3) is 27.7 Å². The van der Waals surface area contributed by atoms with Crippen molar-refractivity contribution in [2.45, 2.75) is 6.61 Å². The van der Waals surface area contributed by atoms with Gasteiger partial charge < -0.3 is 14.6 Å². The molecule has 5 aromatic rings. The summed E-state index contributed by atoms with van der Waals surface area (Å²) >= 11 is 0. The second kappa shape index (κ2) is 8.70. The molecule has 0 bridgehead atoms. The van der Waals surface area contributed by atoms with Crippen molar-refractivity contribution in [3.8, 4) is 22.6 Å². The summed E-state index contributed by atoms with van der Waals surface area (Å²) < 4.78 is 13.3. The molecule has 0 aliphatic rings. The van der Waals surface area contributed by atoms with Crippen LogP contribution in [0.4, 0.5) is 10.5 Å². The van der Waals surface area contributed by atoms with Crippen LogP contribution >= 0.6 is 0 Å². The van der Waals surface area contributed by atoms with Crippen molar-refractivity contribution in [3.63, 3.8) is 0 Å². The van der Waals surface area contributed by atoms with Crippen molar-refractivity contribution in [3.05, 3.63) is 78.9 Å². The highest BCUT2D eigenvalue weighted by Gasteiger charge is 2.12. The third kappa shape index (κ3) is 3.95. The first-order valence-corrected chi connectivity index (χ1v) is 10.5. The quantitative estimate of drug-likeness (QED) is 0.398. The second-order valence-corrected chi connectivity index (χ2v) is 7.63. The first kappa shape index (κ1) is 21.2. The number of fused-ring (bicyclic) bond motifs is 2. The fraction of sp³-hybridized carbons (Fsp3) is 0.120. The molecule has 0 saturated heterocycles. The maximum absolute atomic E-state index is 11.2. The van der Waals surface area contributed by atoms with Gasteiger partial charge in [0.05, 0.1) is 12.6 Å². The number of ether oxygens (including phenoxy) is 2. The minimum atomic E-state index is -1.01. The molecule has 3 heterocycles. The van der Waals surface area contributed by atoms with Crippen molar-refractivity contribution in [2.75, 3.05) is 19.1 Å². The molecular weight excluding hydrogens is 434 g/mol. The highest BCUT2D eigenvalue weighted by molar-refractivity contribution is 5.86. The Kier molecular flexibility index (Phi) is 5.43. The van der Waals surface area contributed by atoms with Crippen molar-refractivity contribution >= 4 is 28.3 Å². The van der Waals surface area contributed by atoms with Gasteiger partial charge in [0.2, 0.25) is 0 Å². The Hall–Kier alpha value is -4.66. The van der Waals surface area contributed by atoms with E-state index in [-0.39, 0.29) is 6.61 Å². The maximum atomic E-state index is 11.2. The molecule has 9 nitrogen and oxygen atoms in total. The summed E-state index contributed by atoms with van der Waals surface area (Å²) in [4.78, 5) is 16.7. The predicted octanol–water partition coefficient (Wildman–Crippen LogP) is 4.65. The molecule has 1 N–H and O–H groups in total. The monoisotopic (exact) mass is 455 g/mol. The highest BCUT2D eigenvalue weighted by atomic mass is 16.5. The van der Waals surface area contributed by atoms with E-state index in [1.807, 2.05) is 59.1 Å². The number of amides is 1. The van der Waals surface area contributed by atoms with Crippen LogP contribution in [0.3, 0.4) is 0 Å². The fourth-order valence-corrected chi connectivity index (χ4v) is 3.69. The number of hydrogen-bond donors (Lipinski definition) is 1. The molecule has 0 radical (unpaired) electrons. The van der Waals surface area contributed by atoms with Gasteiger partial charge in [-0.25, -0.2) is 4.79 Å². The van der Waals surface area contributed by atoms with Crippen LogP contribution in [0.2, 0.25) is 0 Å². The number of hydrogen-bond acceptors (Lipinski definition) is 6. The van der Waals surface area contributed by atoms with Crippen molar-refractivity contribution < 1.29 is 19.4 Å². The lowest BCUT2D eigenvalue weighted by atomic mass is 10.1. The summed E-state index contributed by atoms with van der Waals surface area (Å²) in [6.07, 6.45) is 2.63. The molecule has 1 amide bonds. The molecule has 0 aliphatic heterocycles. The van der Waals surface area contributed by atoms with Gasteiger partial charge in [-0.1, -0.05) is 12.1 Å². The first-order valence-electron chi connectivity index (χ1n) is 10.5. The summed E-state index contributed by atoms with van der Waals surface area (Å²) in [6, 6.07) is 18.6. The number of benzene rings is 2. The summed E-state index contributed by atoms with van der Waals surface area (Å²) in [5.41, 5.74) is 3.97. The number of carboxylic acid groups (broad SMARTS) is 1. The smallest absolute Gasteiger partial charge is 0.411 e. The van der Waals surface area contributed by atoms with Gasteiger partial charge in [0.25, 0.3) is 0 Å². The standard InChI is InChI=1S/C25H21N5O4/c1-29(25(31)32)18-6-3-16(4-7-18)17-5-10-23-27-28-24(30(23)14-17)15-34-22-11-12-26-21-13-19(33-2)8-9-20(21)22/h3-14H,15H2,1-2H3,(H,31,32). The van der Waals surface area contributed by atoms with E-state index in [9.17, 15) is 4.79 Å². The molecule has 34 heavy (non-hydrogen) atoms. The van der Waals surface area contributed by atoms with E-state index in [1.165, 1.54) is 11.9 Å². The molecule has 2 aromatic carbocycles. The van der Waals surface area contributed by atoms with Gasteiger partial charge in [-0.05, 0) is 53.6 Å². The van der Waals surface area contributed by atoms with E-state index in [0.717, 1.165) is 27.8 Å². The summed E-state index contributed by atoms with van der Waals surface area (Å²) in [5.74, 6) is 2.08. The van der Waals surface area contributed by atoms with Gasteiger partial charge in [-0.15, -0.1) is 10.2 Å². The van der Waals surface area contributed by atoms with Crippen LogP contribution in [0.15, 0.2) is 73.1 Å². The average Bonchev–Trinajstić information content (AvgIpc) is 3.28. The minimum absolute atomic E-state index is 0.220. The topological polar surface area (TPSA) is 102 Å². The van der Waals surface area contributed by atoms with E-state index < -0.39 is 6.09 Å². The van der Waals surface area contributed by atoms with Gasteiger partial charge in [-0.3, -0.25) is 14.3 Å². The second-order valence-electron chi connectivity index (χ2n) is 7.63. The van der Waals surface area contributed by atoms with Gasteiger partial charge in [0.15, 0.2) is 11.5 Å². The average molecular weight is 455 g/mol. The van der Waals surface area contributed by atoms with Gasteiger partial charge >= 0.3 is 6.09 Å². The summed E-state index contributed by atoms with van der Waals surface area (Å²) in [5, 5.41) is 18.6. The van der Waals surface area contributed by atoms with Crippen molar-refractivity contribution in [1.82, 2.24) is 19.6 Å². The number of pyridine rings is 2. The van der Waals surface area contributed by atoms with Crippen LogP contribution in [0.5, 0.6) is 11.5 Å². The molecule has 170 valence electrons. The Labute approximate surface area is 194 Å². The van der Waals surface area contributed by atoms with Crippen LogP contribution in [0.1, 0.15) is 5.82 Å². The normalized spacial score (nSPS) is 11.0. The highest BCUT2D eigenvalue weighted by Crippen LogP contribution is 2.28. The molecule has 0 fully saturated rings. The summed E-state index contributed by atoms with van der Waals surface area (Å²) in [7, 11) is 3.13. The number of nitrogens with zero attached hydrogens (tertiary/aromatic N) is 5. The SMILES string of the molecule is COc1ccc2c(OCc3nnc4ccc(-c5ccc(N(C)C(=O)O)cc5)cn34)ccnc2c1. The molecule has 0 saturated carbocycles. The van der Waals surface area contributed by atoms with Gasteiger partial charge in [0.1, 0.15) is 18.1 Å². The van der Waals surface area contributed by atoms with E-state index in [4.69, 9.17) is 14.6 Å². The summed E-state index contributed by atoms with van der Waals surface area (Å²) in [6.45, 7) is 0.220. The third-order valence-corrected chi connectivity index (χ3v) is 5.61. The lowest BCUT2D eigenvalue weighted by Gasteiger charge is -2.13. The minimum Gasteiger partial charge on any atom is -0.497 e. The third-order valence-electron chi connectivity index (χ3n) is 5.61. The molecular formula is C25H21N5O4. The van der Waals surface area contributed by atoms with E-state index in [1.54, 1.807) is 25.4 Å². The Morgan fingerprint density at radius 3 is 2.59 bits per heavy atom. The van der Waals surface area contributed by atoms with Crippen molar-refractivity contribution in [2.24, 2.45) is 0 Å². The van der Waals surface area contributed by atoms with E-state index in [0.29, 0.717) is 22.9 Å².